The van der Waals surface area contributed by atoms with Crippen molar-refractivity contribution in [3.63, 3.8) is 0 Å². The molecule has 0 aliphatic rings. The number of alkyl carbamates (subject to hydrolysis) is 1. The first-order valence-corrected chi connectivity index (χ1v) is 9.41. The summed E-state index contributed by atoms with van der Waals surface area (Å²) in [5, 5.41) is 9.22. The molecule has 0 atom stereocenters. The SMILES string of the molecule is CN=C(NCCCNC(=O)OC(C)(C)C)NCCc1cc(OC)ccc1OC. The Labute approximate surface area is 168 Å². The minimum Gasteiger partial charge on any atom is -0.497 e. The van der Waals surface area contributed by atoms with Gasteiger partial charge in [-0.2, -0.15) is 0 Å². The molecule has 0 fully saturated rings. The van der Waals surface area contributed by atoms with Crippen LogP contribution in [0.2, 0.25) is 0 Å². The Hall–Kier alpha value is -2.64. The van der Waals surface area contributed by atoms with Crippen LogP contribution >= 0.6 is 0 Å². The summed E-state index contributed by atoms with van der Waals surface area (Å²) in [5.41, 5.74) is 0.575. The minimum absolute atomic E-state index is 0.401. The molecule has 0 heterocycles. The summed E-state index contributed by atoms with van der Waals surface area (Å²) in [7, 11) is 5.03. The normalized spacial score (nSPS) is 11.6. The van der Waals surface area contributed by atoms with E-state index < -0.39 is 11.7 Å². The number of amides is 1. The zero-order valence-electron chi connectivity index (χ0n) is 17.8. The second-order valence-electron chi connectivity index (χ2n) is 7.14. The van der Waals surface area contributed by atoms with Crippen LogP contribution in [0.4, 0.5) is 4.79 Å². The Bertz CT molecular complexity index is 642. The summed E-state index contributed by atoms with van der Waals surface area (Å²) in [6.07, 6.45) is 1.12. The highest BCUT2D eigenvalue weighted by Crippen LogP contribution is 2.24. The van der Waals surface area contributed by atoms with Crippen LogP contribution in [0.3, 0.4) is 0 Å². The maximum atomic E-state index is 11.6. The molecule has 8 heteroatoms. The number of methoxy groups -OCH3 is 2. The maximum Gasteiger partial charge on any atom is 0.407 e. The molecule has 0 bridgehead atoms. The number of hydrogen-bond acceptors (Lipinski definition) is 5. The molecule has 3 N–H and O–H groups in total. The van der Waals surface area contributed by atoms with Gasteiger partial charge in [0.25, 0.3) is 0 Å². The smallest absolute Gasteiger partial charge is 0.407 e. The summed E-state index contributed by atoms with van der Waals surface area (Å²) < 4.78 is 15.9. The summed E-state index contributed by atoms with van der Waals surface area (Å²) in [4.78, 5) is 15.8. The summed E-state index contributed by atoms with van der Waals surface area (Å²) in [6, 6.07) is 5.75. The first kappa shape index (κ1) is 23.4. The van der Waals surface area contributed by atoms with Crippen LogP contribution in [0.1, 0.15) is 32.8 Å². The Morgan fingerprint density at radius 2 is 1.71 bits per heavy atom. The number of hydrogen-bond donors (Lipinski definition) is 3. The van der Waals surface area contributed by atoms with Gasteiger partial charge in [0.2, 0.25) is 0 Å². The average molecular weight is 395 g/mol. The van der Waals surface area contributed by atoms with Crippen molar-refractivity contribution in [1.82, 2.24) is 16.0 Å². The largest absolute Gasteiger partial charge is 0.497 e. The molecule has 0 radical (unpaired) electrons. The van der Waals surface area contributed by atoms with Crippen LogP contribution in [0.15, 0.2) is 23.2 Å². The van der Waals surface area contributed by atoms with E-state index >= 15 is 0 Å². The molecule has 1 aromatic rings. The number of benzene rings is 1. The summed E-state index contributed by atoms with van der Waals surface area (Å²) >= 11 is 0. The predicted octanol–water partition coefficient (Wildman–Crippen LogP) is 2.33. The Morgan fingerprint density at radius 3 is 2.32 bits per heavy atom. The highest BCUT2D eigenvalue weighted by molar-refractivity contribution is 5.79. The van der Waals surface area contributed by atoms with Gasteiger partial charge in [0.1, 0.15) is 17.1 Å². The molecule has 0 aromatic heterocycles. The lowest BCUT2D eigenvalue weighted by Crippen LogP contribution is -2.40. The van der Waals surface area contributed by atoms with E-state index in [1.54, 1.807) is 21.3 Å². The van der Waals surface area contributed by atoms with E-state index in [9.17, 15) is 4.79 Å². The van der Waals surface area contributed by atoms with Gasteiger partial charge in [-0.05, 0) is 57.4 Å². The van der Waals surface area contributed by atoms with E-state index in [1.807, 2.05) is 39.0 Å². The van der Waals surface area contributed by atoms with E-state index in [0.29, 0.717) is 25.6 Å². The second-order valence-corrected chi connectivity index (χ2v) is 7.14. The third-order valence-electron chi connectivity index (χ3n) is 3.71. The van der Waals surface area contributed by atoms with Crippen molar-refractivity contribution in [3.05, 3.63) is 23.8 Å². The predicted molar refractivity (Wildman–Crippen MR) is 111 cm³/mol. The monoisotopic (exact) mass is 394 g/mol. The van der Waals surface area contributed by atoms with Gasteiger partial charge in [0, 0.05) is 26.7 Å². The molecular weight excluding hydrogens is 360 g/mol. The van der Waals surface area contributed by atoms with E-state index in [0.717, 1.165) is 29.9 Å². The van der Waals surface area contributed by atoms with Gasteiger partial charge >= 0.3 is 6.09 Å². The number of carbonyl (C=O) groups excluding carboxylic acids is 1. The molecule has 0 aliphatic heterocycles. The molecule has 0 unspecified atom stereocenters. The zero-order chi connectivity index (χ0) is 21.0. The van der Waals surface area contributed by atoms with Gasteiger partial charge in [-0.25, -0.2) is 4.79 Å². The van der Waals surface area contributed by atoms with E-state index in [2.05, 4.69) is 20.9 Å². The fraction of sp³-hybridized carbons (Fsp3) is 0.600. The Balaban J connectivity index is 2.30. The van der Waals surface area contributed by atoms with Crippen molar-refractivity contribution in [2.45, 2.75) is 39.2 Å². The number of rotatable bonds is 9. The van der Waals surface area contributed by atoms with Gasteiger partial charge < -0.3 is 30.2 Å². The molecule has 8 nitrogen and oxygen atoms in total. The first-order valence-electron chi connectivity index (χ1n) is 9.41. The Morgan fingerprint density at radius 1 is 1.04 bits per heavy atom. The average Bonchev–Trinajstić information content (AvgIpc) is 2.64. The zero-order valence-corrected chi connectivity index (χ0v) is 17.8. The Kier molecular flexibility index (Phi) is 9.98. The topological polar surface area (TPSA) is 93.2 Å². The van der Waals surface area contributed by atoms with Crippen molar-refractivity contribution in [1.29, 1.82) is 0 Å². The number of nitrogens with one attached hydrogen (secondary N) is 3. The molecule has 0 spiro atoms. The van der Waals surface area contributed by atoms with Gasteiger partial charge in [-0.3, -0.25) is 4.99 Å². The third-order valence-corrected chi connectivity index (χ3v) is 3.71. The molecule has 1 amide bonds. The van der Waals surface area contributed by atoms with Crippen LogP contribution < -0.4 is 25.4 Å². The molecule has 158 valence electrons. The highest BCUT2D eigenvalue weighted by Gasteiger charge is 2.15. The van der Waals surface area contributed by atoms with Gasteiger partial charge in [0.15, 0.2) is 5.96 Å². The van der Waals surface area contributed by atoms with Crippen LogP contribution in [0.25, 0.3) is 0 Å². The number of nitrogens with zero attached hydrogens (tertiary/aromatic N) is 1. The standard InChI is InChI=1S/C20H34N4O4/c1-20(2,3)28-19(25)24-12-7-11-22-18(21-4)23-13-10-15-14-16(26-5)8-9-17(15)27-6/h8-9,14H,7,10-13H2,1-6H3,(H,24,25)(H2,21,22,23). The van der Waals surface area contributed by atoms with Gasteiger partial charge in [0.05, 0.1) is 14.2 Å². The fourth-order valence-corrected chi connectivity index (χ4v) is 2.41. The summed E-state index contributed by atoms with van der Waals surface area (Å²) in [6.45, 7) is 7.41. The van der Waals surface area contributed by atoms with Crippen LogP contribution in [-0.2, 0) is 11.2 Å². The van der Waals surface area contributed by atoms with Crippen molar-refractivity contribution in [2.75, 3.05) is 40.9 Å². The molecule has 1 rings (SSSR count). The highest BCUT2D eigenvalue weighted by atomic mass is 16.6. The molecule has 28 heavy (non-hydrogen) atoms. The molecule has 0 aliphatic carbocycles. The number of guanidine groups is 1. The van der Waals surface area contributed by atoms with E-state index in [-0.39, 0.29) is 0 Å². The number of aliphatic imine (C=N–C) groups is 1. The lowest BCUT2D eigenvalue weighted by Gasteiger charge is -2.19. The molecule has 0 saturated carbocycles. The van der Waals surface area contributed by atoms with Crippen molar-refractivity contribution >= 4 is 12.1 Å². The van der Waals surface area contributed by atoms with Crippen LogP contribution in [-0.4, -0.2) is 58.6 Å². The van der Waals surface area contributed by atoms with Crippen LogP contribution in [0, 0.1) is 0 Å². The van der Waals surface area contributed by atoms with Gasteiger partial charge in [-0.15, -0.1) is 0 Å². The van der Waals surface area contributed by atoms with Gasteiger partial charge in [-0.1, -0.05) is 0 Å². The van der Waals surface area contributed by atoms with E-state index in [1.165, 1.54) is 0 Å². The molecular formula is C20H34N4O4. The lowest BCUT2D eigenvalue weighted by molar-refractivity contribution is 0.0527. The minimum atomic E-state index is -0.486. The number of carbonyl (C=O) groups is 1. The second kappa shape index (κ2) is 11.9. The summed E-state index contributed by atoms with van der Waals surface area (Å²) in [5.74, 6) is 2.34. The fourth-order valence-electron chi connectivity index (χ4n) is 2.41. The lowest BCUT2D eigenvalue weighted by atomic mass is 10.1. The molecule has 0 saturated heterocycles. The van der Waals surface area contributed by atoms with Crippen molar-refractivity contribution in [3.8, 4) is 11.5 Å². The van der Waals surface area contributed by atoms with Crippen LogP contribution in [0.5, 0.6) is 11.5 Å². The molecule has 1 aromatic carbocycles. The third kappa shape index (κ3) is 9.34. The quantitative estimate of drug-likeness (QED) is 0.338. The maximum absolute atomic E-state index is 11.6. The number of ether oxygens (including phenoxy) is 3. The first-order chi connectivity index (χ1) is 13.3. The van der Waals surface area contributed by atoms with Crippen molar-refractivity contribution in [2.24, 2.45) is 4.99 Å². The van der Waals surface area contributed by atoms with Crippen molar-refractivity contribution < 1.29 is 19.0 Å². The van der Waals surface area contributed by atoms with E-state index in [4.69, 9.17) is 14.2 Å².